The fourth-order valence-electron chi connectivity index (χ4n) is 13.5. The molecule has 6 heterocycles. The fraction of sp³-hybridized carbons (Fsp3) is 0.587. The Morgan fingerprint density at radius 2 is 1.70 bits per heavy atom. The lowest BCUT2D eigenvalue weighted by Crippen LogP contribution is -2.81. The molecule has 14 heteroatoms. The van der Waals surface area contributed by atoms with E-state index in [4.69, 9.17) is 18.9 Å². The highest BCUT2D eigenvalue weighted by atomic mass is 35.5. The second-order valence-electron chi connectivity index (χ2n) is 18.2. The number of anilines is 1. The third-order valence-electron chi connectivity index (χ3n) is 15.6. The number of methoxy groups -OCH3 is 3. The first kappa shape index (κ1) is 42.5. The maximum Gasteiger partial charge on any atom is 0.344 e. The van der Waals surface area contributed by atoms with Crippen molar-refractivity contribution in [2.24, 2.45) is 11.3 Å². The number of ether oxygens (including phenoxy) is 4. The van der Waals surface area contributed by atoms with E-state index in [-0.39, 0.29) is 24.4 Å². The SMILES string of the molecule is CC[C@]1(O)C[C@H]2CN(CCc3c([nH]c4ccccc34)[C@@](C(=O)OC)(c3cc4c(cc3OC)N(C)[C@H]3[C@@](O)(C(=O)OC)[C@H](OC(C)=O)[C@]5(CC)C=CCN6CC[C@]43[C@@H]65)C2)C1.Cl. The molecule has 9 rings (SSSR count). The molecule has 2 aromatic carbocycles. The molecule has 1 spiro atoms. The summed E-state index contributed by atoms with van der Waals surface area (Å²) in [5.74, 6) is -1.56. The van der Waals surface area contributed by atoms with Gasteiger partial charge >= 0.3 is 17.9 Å². The molecule has 0 radical (unpaired) electrons. The van der Waals surface area contributed by atoms with Gasteiger partial charge in [0.15, 0.2) is 6.10 Å². The van der Waals surface area contributed by atoms with Crippen LogP contribution in [0.25, 0.3) is 10.9 Å². The molecule has 0 amide bonds. The molecule has 1 unspecified atom stereocenters. The van der Waals surface area contributed by atoms with Crippen molar-refractivity contribution in [1.29, 1.82) is 0 Å². The number of benzene rings is 2. The van der Waals surface area contributed by atoms with Crippen LogP contribution in [0.4, 0.5) is 5.69 Å². The van der Waals surface area contributed by atoms with Crippen molar-refractivity contribution >= 4 is 46.9 Å². The molecule has 2 saturated heterocycles. The number of piperidine rings is 1. The standard InChI is InChI=1S/C46H58N4O9.ClH/c1-8-42(54)23-28-24-45(40(52)57-6,36-30(15-19-49(25-28)26-42)29-13-10-11-14-33(29)47-36)32-21-31-34(22-35(32)56-5)48(4)38-44(31)17-20-50-18-12-16-43(9-2,37(44)50)39(59-27(3)51)46(38,55)41(53)58-7;/h10-14,16,21-22,28,37-39,47,54-55H,8-9,15,17-20,23-26H2,1-7H3;1H/t28-,37+,38-,39-,42+,43-,44-,45+,46+;/m1./s1. The van der Waals surface area contributed by atoms with E-state index in [0.29, 0.717) is 82.6 Å². The number of hydrogen-bond donors (Lipinski definition) is 3. The molecular formula is C46H59ClN4O9. The number of carbonyl (C=O) groups excluding carboxylic acids is 3. The smallest absolute Gasteiger partial charge is 0.344 e. The first-order valence-corrected chi connectivity index (χ1v) is 21.2. The van der Waals surface area contributed by atoms with Crippen LogP contribution in [-0.4, -0.2) is 133 Å². The number of aliphatic hydroxyl groups is 2. The van der Waals surface area contributed by atoms with Crippen LogP contribution in [0.1, 0.15) is 75.3 Å². The van der Waals surface area contributed by atoms with Gasteiger partial charge in [-0.1, -0.05) is 44.2 Å². The van der Waals surface area contributed by atoms with Crippen LogP contribution >= 0.6 is 12.4 Å². The fourth-order valence-corrected chi connectivity index (χ4v) is 13.5. The summed E-state index contributed by atoms with van der Waals surface area (Å²) in [7, 11) is 6.15. The van der Waals surface area contributed by atoms with Gasteiger partial charge in [0, 0.05) is 90.9 Å². The number of hydrogen-bond acceptors (Lipinski definition) is 12. The van der Waals surface area contributed by atoms with E-state index in [9.17, 15) is 19.8 Å². The molecule has 5 aliphatic heterocycles. The molecule has 1 saturated carbocycles. The van der Waals surface area contributed by atoms with Crippen LogP contribution in [-0.2, 0) is 45.8 Å². The third kappa shape index (κ3) is 5.47. The second-order valence-corrected chi connectivity index (χ2v) is 18.2. The number of para-hydroxylation sites is 1. The average Bonchev–Trinajstić information content (AvgIpc) is 3.90. The Balaban J connectivity index is 0.00000499. The number of H-pyrrole nitrogens is 1. The van der Waals surface area contributed by atoms with Crippen LogP contribution in [0.3, 0.4) is 0 Å². The topological polar surface area (TPSA) is 154 Å². The monoisotopic (exact) mass is 846 g/mol. The summed E-state index contributed by atoms with van der Waals surface area (Å²) >= 11 is 0. The number of fused-ring (bicyclic) bond motifs is 6. The van der Waals surface area contributed by atoms with Crippen molar-refractivity contribution in [3.05, 3.63) is 70.9 Å². The van der Waals surface area contributed by atoms with E-state index in [2.05, 4.69) is 39.1 Å². The molecule has 2 bridgehead atoms. The molecular weight excluding hydrogens is 788 g/mol. The molecule has 324 valence electrons. The van der Waals surface area contributed by atoms with Gasteiger partial charge in [-0.15, -0.1) is 12.4 Å². The minimum Gasteiger partial charge on any atom is -0.496 e. The maximum absolute atomic E-state index is 15.3. The lowest BCUT2D eigenvalue weighted by Gasteiger charge is -2.63. The summed E-state index contributed by atoms with van der Waals surface area (Å²) in [6, 6.07) is 11.0. The zero-order valence-corrected chi connectivity index (χ0v) is 36.5. The van der Waals surface area contributed by atoms with Gasteiger partial charge < -0.3 is 39.0 Å². The minimum absolute atomic E-state index is 0. The van der Waals surface area contributed by atoms with Gasteiger partial charge in [-0.2, -0.15) is 0 Å². The molecule has 6 aliphatic rings. The lowest BCUT2D eigenvalue weighted by molar-refractivity contribution is -0.228. The van der Waals surface area contributed by atoms with Crippen molar-refractivity contribution in [3.8, 4) is 5.75 Å². The highest BCUT2D eigenvalue weighted by molar-refractivity contribution is 5.95. The van der Waals surface area contributed by atoms with E-state index in [0.717, 1.165) is 33.4 Å². The van der Waals surface area contributed by atoms with Gasteiger partial charge in [0.05, 0.1) is 33.0 Å². The Labute approximate surface area is 357 Å². The van der Waals surface area contributed by atoms with Crippen molar-refractivity contribution in [2.45, 2.75) is 99.5 Å². The Bertz CT molecular complexity index is 2260. The number of likely N-dealkylation sites (N-methyl/N-ethyl adjacent to an activating group) is 1. The number of esters is 3. The van der Waals surface area contributed by atoms with Crippen LogP contribution in [0.2, 0.25) is 0 Å². The summed E-state index contributed by atoms with van der Waals surface area (Å²) in [5, 5.41) is 26.3. The number of halogens is 1. The highest BCUT2D eigenvalue weighted by Crippen LogP contribution is 2.68. The van der Waals surface area contributed by atoms with Crippen LogP contribution < -0.4 is 9.64 Å². The van der Waals surface area contributed by atoms with Crippen molar-refractivity contribution in [1.82, 2.24) is 14.8 Å². The van der Waals surface area contributed by atoms with E-state index in [1.807, 2.05) is 50.1 Å². The second kappa shape index (κ2) is 14.8. The number of nitrogens with zero attached hydrogens (tertiary/aromatic N) is 3. The Morgan fingerprint density at radius 1 is 0.950 bits per heavy atom. The van der Waals surface area contributed by atoms with Crippen LogP contribution in [0, 0.1) is 11.3 Å². The maximum atomic E-state index is 15.3. The van der Waals surface area contributed by atoms with Crippen molar-refractivity contribution in [3.63, 3.8) is 0 Å². The average molecular weight is 847 g/mol. The highest BCUT2D eigenvalue weighted by Gasteiger charge is 2.80. The number of carbonyl (C=O) groups is 3. The molecule has 3 N–H and O–H groups in total. The molecule has 60 heavy (non-hydrogen) atoms. The van der Waals surface area contributed by atoms with E-state index in [1.165, 1.54) is 21.1 Å². The Morgan fingerprint density at radius 3 is 2.38 bits per heavy atom. The molecule has 3 fully saturated rings. The van der Waals surface area contributed by atoms with Gasteiger partial charge in [0.2, 0.25) is 5.60 Å². The molecule has 1 aromatic heterocycles. The Kier molecular flexibility index (Phi) is 10.5. The summed E-state index contributed by atoms with van der Waals surface area (Å²) in [6.45, 7) is 8.62. The first-order valence-electron chi connectivity index (χ1n) is 21.2. The van der Waals surface area contributed by atoms with Gasteiger partial charge in [-0.25, -0.2) is 4.79 Å². The number of rotatable bonds is 7. The van der Waals surface area contributed by atoms with E-state index < -0.39 is 57.5 Å². The lowest BCUT2D eigenvalue weighted by atomic mass is 9.47. The van der Waals surface area contributed by atoms with Gasteiger partial charge in [-0.05, 0) is 74.2 Å². The molecule has 3 aromatic rings. The van der Waals surface area contributed by atoms with Crippen LogP contribution in [0.15, 0.2) is 48.6 Å². The van der Waals surface area contributed by atoms with E-state index >= 15 is 4.79 Å². The third-order valence-corrected chi connectivity index (χ3v) is 15.6. The van der Waals surface area contributed by atoms with Gasteiger partial charge in [0.25, 0.3) is 0 Å². The molecule has 13 nitrogen and oxygen atoms in total. The van der Waals surface area contributed by atoms with Gasteiger partial charge in [-0.3, -0.25) is 19.4 Å². The zero-order valence-electron chi connectivity index (χ0n) is 35.7. The zero-order chi connectivity index (χ0) is 41.9. The van der Waals surface area contributed by atoms with E-state index in [1.54, 1.807) is 7.11 Å². The van der Waals surface area contributed by atoms with Gasteiger partial charge in [0.1, 0.15) is 11.2 Å². The quantitative estimate of drug-likeness (QED) is 0.176. The molecule has 10 atom stereocenters. The summed E-state index contributed by atoms with van der Waals surface area (Å²) in [5.41, 5.74) is -1.62. The minimum atomic E-state index is -2.30. The predicted octanol–water partition coefficient (Wildman–Crippen LogP) is 4.41. The summed E-state index contributed by atoms with van der Waals surface area (Å²) in [6.07, 6.45) is 5.94. The normalized spacial score (nSPS) is 36.4. The van der Waals surface area contributed by atoms with Crippen LogP contribution in [0.5, 0.6) is 5.75 Å². The first-order chi connectivity index (χ1) is 28.2. The largest absolute Gasteiger partial charge is 0.496 e. The number of aromatic nitrogens is 1. The van der Waals surface area contributed by atoms with Crippen molar-refractivity contribution in [2.75, 3.05) is 66.0 Å². The number of aromatic amines is 1. The predicted molar refractivity (Wildman–Crippen MR) is 228 cm³/mol. The number of nitrogens with one attached hydrogen (secondary N) is 1. The Hall–Kier alpha value is -4.14. The van der Waals surface area contributed by atoms with Crippen molar-refractivity contribution < 1.29 is 43.5 Å². The molecule has 1 aliphatic carbocycles. The summed E-state index contributed by atoms with van der Waals surface area (Å²) in [4.78, 5) is 53.2. The summed E-state index contributed by atoms with van der Waals surface area (Å²) < 4.78 is 23.9.